The van der Waals surface area contributed by atoms with Crippen LogP contribution in [0, 0.1) is 13.8 Å². The Hall–Kier alpha value is -1.32. The van der Waals surface area contributed by atoms with Crippen molar-refractivity contribution in [3.8, 4) is 5.88 Å². The van der Waals surface area contributed by atoms with Crippen LogP contribution in [0.2, 0.25) is 0 Å². The Morgan fingerprint density at radius 1 is 1.18 bits per heavy atom. The Labute approximate surface area is 65.4 Å². The van der Waals surface area contributed by atoms with E-state index in [2.05, 4.69) is 9.97 Å². The van der Waals surface area contributed by atoms with Gasteiger partial charge in [0.15, 0.2) is 5.82 Å². The third-order valence-corrected chi connectivity index (χ3v) is 1.49. The van der Waals surface area contributed by atoms with Crippen LogP contribution in [0.25, 0.3) is 0 Å². The summed E-state index contributed by atoms with van der Waals surface area (Å²) in [5.74, 6) is 0.740. The molecule has 1 aromatic rings. The summed E-state index contributed by atoms with van der Waals surface area (Å²) in [6.07, 6.45) is 0. The highest BCUT2D eigenvalue weighted by Crippen LogP contribution is 2.16. The third-order valence-electron chi connectivity index (χ3n) is 1.49. The number of hydrogen-bond donors (Lipinski definition) is 1. The molecule has 0 fully saturated rings. The summed E-state index contributed by atoms with van der Waals surface area (Å²) in [4.78, 5) is 8.12. The molecule has 1 heterocycles. The van der Waals surface area contributed by atoms with Crippen LogP contribution < -0.4 is 10.5 Å². The fourth-order valence-corrected chi connectivity index (χ4v) is 0.750. The molecule has 0 amide bonds. The van der Waals surface area contributed by atoms with Gasteiger partial charge in [-0.3, -0.25) is 0 Å². The van der Waals surface area contributed by atoms with Gasteiger partial charge in [0.05, 0.1) is 18.5 Å². The Morgan fingerprint density at radius 2 is 1.73 bits per heavy atom. The summed E-state index contributed by atoms with van der Waals surface area (Å²) in [7, 11) is 1.52. The molecule has 0 atom stereocenters. The van der Waals surface area contributed by atoms with Gasteiger partial charge in [0.25, 0.3) is 5.88 Å². The molecule has 2 N–H and O–H groups in total. The van der Waals surface area contributed by atoms with Gasteiger partial charge in [0.2, 0.25) is 0 Å². The quantitative estimate of drug-likeness (QED) is 0.644. The third kappa shape index (κ3) is 1.39. The monoisotopic (exact) mass is 153 g/mol. The highest BCUT2D eigenvalue weighted by atomic mass is 16.5. The molecule has 0 aliphatic carbocycles. The van der Waals surface area contributed by atoms with Crippen molar-refractivity contribution >= 4 is 5.82 Å². The average Bonchev–Trinajstić information content (AvgIpc) is 1.97. The highest BCUT2D eigenvalue weighted by molar-refractivity contribution is 5.41. The first kappa shape index (κ1) is 7.78. The second-order valence-corrected chi connectivity index (χ2v) is 2.29. The number of aryl methyl sites for hydroxylation is 2. The molecule has 0 unspecified atom stereocenters. The lowest BCUT2D eigenvalue weighted by atomic mass is 10.3. The van der Waals surface area contributed by atoms with E-state index >= 15 is 0 Å². The molecule has 11 heavy (non-hydrogen) atoms. The largest absolute Gasteiger partial charge is 0.478 e. The summed E-state index contributed by atoms with van der Waals surface area (Å²) >= 11 is 0. The number of ether oxygens (including phenoxy) is 1. The normalized spacial score (nSPS) is 9.73. The van der Waals surface area contributed by atoms with E-state index in [1.807, 2.05) is 13.8 Å². The minimum absolute atomic E-state index is 0.343. The molecular formula is C7H11N3O. The fraction of sp³-hybridized carbons (Fsp3) is 0.429. The van der Waals surface area contributed by atoms with Crippen molar-refractivity contribution in [1.82, 2.24) is 9.97 Å². The lowest BCUT2D eigenvalue weighted by Crippen LogP contribution is -2.02. The number of nitrogens with two attached hydrogens (primary N) is 1. The van der Waals surface area contributed by atoms with E-state index in [0.29, 0.717) is 11.7 Å². The van der Waals surface area contributed by atoms with Crippen molar-refractivity contribution < 1.29 is 4.74 Å². The van der Waals surface area contributed by atoms with E-state index in [-0.39, 0.29) is 0 Å². The molecule has 60 valence electrons. The second kappa shape index (κ2) is 2.74. The second-order valence-electron chi connectivity index (χ2n) is 2.29. The molecule has 0 saturated carbocycles. The van der Waals surface area contributed by atoms with Gasteiger partial charge in [-0.05, 0) is 13.8 Å². The smallest absolute Gasteiger partial charge is 0.257 e. The van der Waals surface area contributed by atoms with Gasteiger partial charge in [0, 0.05) is 0 Å². The molecule has 0 bridgehead atoms. The average molecular weight is 153 g/mol. The van der Waals surface area contributed by atoms with E-state index in [9.17, 15) is 0 Å². The zero-order chi connectivity index (χ0) is 8.43. The maximum absolute atomic E-state index is 5.50. The Bertz CT molecular complexity index is 273. The van der Waals surface area contributed by atoms with Crippen molar-refractivity contribution in [2.45, 2.75) is 13.8 Å². The van der Waals surface area contributed by atoms with Gasteiger partial charge >= 0.3 is 0 Å². The van der Waals surface area contributed by atoms with Crippen molar-refractivity contribution in [2.75, 3.05) is 12.8 Å². The molecule has 1 aromatic heterocycles. The van der Waals surface area contributed by atoms with Crippen LogP contribution in [-0.2, 0) is 0 Å². The molecule has 0 spiro atoms. The molecule has 0 radical (unpaired) electrons. The Morgan fingerprint density at radius 3 is 2.27 bits per heavy atom. The van der Waals surface area contributed by atoms with Crippen LogP contribution in [-0.4, -0.2) is 17.1 Å². The minimum atomic E-state index is 0.343. The van der Waals surface area contributed by atoms with E-state index in [0.717, 1.165) is 11.4 Å². The fourth-order valence-electron chi connectivity index (χ4n) is 0.750. The Balaban J connectivity index is 3.21. The summed E-state index contributed by atoms with van der Waals surface area (Å²) in [6.45, 7) is 3.72. The zero-order valence-corrected chi connectivity index (χ0v) is 6.88. The van der Waals surface area contributed by atoms with Gasteiger partial charge in [-0.1, -0.05) is 0 Å². The first-order chi connectivity index (χ1) is 5.15. The van der Waals surface area contributed by atoms with Crippen molar-refractivity contribution in [1.29, 1.82) is 0 Å². The van der Waals surface area contributed by atoms with Crippen molar-refractivity contribution in [2.24, 2.45) is 0 Å². The van der Waals surface area contributed by atoms with Crippen LogP contribution in [0.1, 0.15) is 11.4 Å². The first-order valence-corrected chi connectivity index (χ1v) is 3.30. The molecule has 1 rings (SSSR count). The summed E-state index contributed by atoms with van der Waals surface area (Å²) in [5.41, 5.74) is 7.18. The molecule has 0 saturated heterocycles. The summed E-state index contributed by atoms with van der Waals surface area (Å²) in [5, 5.41) is 0. The SMILES string of the molecule is COc1nc(C)c(C)nc1N. The van der Waals surface area contributed by atoms with Gasteiger partial charge in [0.1, 0.15) is 0 Å². The molecule has 0 aromatic carbocycles. The number of nitrogen functional groups attached to an aromatic ring is 1. The number of anilines is 1. The maximum atomic E-state index is 5.50. The minimum Gasteiger partial charge on any atom is -0.478 e. The maximum Gasteiger partial charge on any atom is 0.257 e. The number of methoxy groups -OCH3 is 1. The summed E-state index contributed by atoms with van der Waals surface area (Å²) < 4.78 is 4.88. The van der Waals surface area contributed by atoms with Gasteiger partial charge in [-0.2, -0.15) is 0 Å². The van der Waals surface area contributed by atoms with Crippen LogP contribution >= 0.6 is 0 Å². The van der Waals surface area contributed by atoms with E-state index in [1.54, 1.807) is 0 Å². The predicted octanol–water partition coefficient (Wildman–Crippen LogP) is 0.684. The molecule has 4 nitrogen and oxygen atoms in total. The molecule has 0 aliphatic rings. The number of nitrogens with zero attached hydrogens (tertiary/aromatic N) is 2. The Kier molecular flexibility index (Phi) is 1.94. The lowest BCUT2D eigenvalue weighted by molar-refractivity contribution is 0.397. The zero-order valence-electron chi connectivity index (χ0n) is 6.88. The predicted molar refractivity (Wildman–Crippen MR) is 42.5 cm³/mol. The number of aromatic nitrogens is 2. The van der Waals surface area contributed by atoms with Crippen LogP contribution in [0.3, 0.4) is 0 Å². The first-order valence-electron chi connectivity index (χ1n) is 3.30. The standard InChI is InChI=1S/C7H11N3O/c1-4-5(2)10-7(11-3)6(8)9-4/h1-3H3,(H2,8,9). The van der Waals surface area contributed by atoms with Crippen molar-refractivity contribution in [3.05, 3.63) is 11.4 Å². The molecule has 4 heteroatoms. The number of hydrogen-bond acceptors (Lipinski definition) is 4. The van der Waals surface area contributed by atoms with Crippen LogP contribution in [0.4, 0.5) is 5.82 Å². The highest BCUT2D eigenvalue weighted by Gasteiger charge is 2.04. The number of rotatable bonds is 1. The van der Waals surface area contributed by atoms with Gasteiger partial charge < -0.3 is 10.5 Å². The van der Waals surface area contributed by atoms with Crippen molar-refractivity contribution in [3.63, 3.8) is 0 Å². The van der Waals surface area contributed by atoms with E-state index < -0.39 is 0 Å². The topological polar surface area (TPSA) is 61.0 Å². The van der Waals surface area contributed by atoms with Gasteiger partial charge in [-0.25, -0.2) is 9.97 Å². The van der Waals surface area contributed by atoms with E-state index in [4.69, 9.17) is 10.5 Å². The van der Waals surface area contributed by atoms with Crippen LogP contribution in [0.15, 0.2) is 0 Å². The molecule has 0 aliphatic heterocycles. The van der Waals surface area contributed by atoms with E-state index in [1.165, 1.54) is 7.11 Å². The lowest BCUT2D eigenvalue weighted by Gasteiger charge is -2.04. The van der Waals surface area contributed by atoms with Crippen LogP contribution in [0.5, 0.6) is 5.88 Å². The summed E-state index contributed by atoms with van der Waals surface area (Å²) in [6, 6.07) is 0. The molecular weight excluding hydrogens is 142 g/mol. The van der Waals surface area contributed by atoms with Gasteiger partial charge in [-0.15, -0.1) is 0 Å².